The molecule has 2 heteroatoms. The summed E-state index contributed by atoms with van der Waals surface area (Å²) in [6.45, 7) is 13.1. The van der Waals surface area contributed by atoms with Crippen molar-refractivity contribution in [3.05, 3.63) is 66.8 Å². The summed E-state index contributed by atoms with van der Waals surface area (Å²) in [5, 5.41) is 1.48. The van der Waals surface area contributed by atoms with Crippen molar-refractivity contribution < 1.29 is 0 Å². The molecule has 23 heavy (non-hydrogen) atoms. The van der Waals surface area contributed by atoms with Crippen molar-refractivity contribution in [2.24, 2.45) is 0 Å². The van der Waals surface area contributed by atoms with Gasteiger partial charge in [0.15, 0.2) is 8.24 Å². The number of hydrogen-bond donors (Lipinski definition) is 1. The number of allylic oxidation sites excluding steroid dienone is 5. The zero-order valence-electron chi connectivity index (χ0n) is 15.1. The maximum atomic E-state index is 4.01. The van der Waals surface area contributed by atoms with Crippen LogP contribution in [0, 0.1) is 0 Å². The molecule has 0 radical (unpaired) electrons. The highest BCUT2D eigenvalue weighted by Crippen LogP contribution is 2.32. The minimum absolute atomic E-state index is 0.115. The molecule has 0 aliphatic heterocycles. The van der Waals surface area contributed by atoms with Crippen LogP contribution in [0.5, 0.6) is 0 Å². The van der Waals surface area contributed by atoms with Gasteiger partial charge in [0.2, 0.25) is 0 Å². The number of nitrogens with one attached hydrogen (secondary N) is 1. The van der Waals surface area contributed by atoms with E-state index < -0.39 is 8.24 Å². The van der Waals surface area contributed by atoms with E-state index in [1.54, 1.807) is 0 Å². The molecule has 0 fully saturated rings. The fourth-order valence-corrected chi connectivity index (χ4v) is 7.62. The Morgan fingerprint density at radius 1 is 1.22 bits per heavy atom. The van der Waals surface area contributed by atoms with Crippen LogP contribution in [0.3, 0.4) is 0 Å². The van der Waals surface area contributed by atoms with Crippen LogP contribution in [-0.2, 0) is 0 Å². The topological polar surface area (TPSA) is 12.0 Å². The Labute approximate surface area is 143 Å². The Hall–Kier alpha value is -1.38. The zero-order chi connectivity index (χ0) is 16.9. The molecule has 1 aliphatic carbocycles. The molecule has 0 bridgehead atoms. The molecule has 2 unspecified atom stereocenters. The Balaban J connectivity index is 2.26. The summed E-state index contributed by atoms with van der Waals surface area (Å²) in [6, 6.07) is 11.0. The molecule has 1 nitrogen and oxygen atoms in total. The fourth-order valence-electron chi connectivity index (χ4n) is 3.46. The number of rotatable bonds is 7. The predicted molar refractivity (Wildman–Crippen MR) is 106 cm³/mol. The SMILES string of the molecule is C=CCCCC1=CC([Si](C)(NC(C)(C)C)c2ccccc2)C=C1. The van der Waals surface area contributed by atoms with Gasteiger partial charge >= 0.3 is 0 Å². The standard InChI is InChI=1S/C21H31NSi/c1-6-7-9-12-18-15-16-20(17-18)23(5,22-21(2,3)4)19-13-10-8-11-14-19/h6,8,10-11,13-17,20,22H,1,7,9,12H2,2-5H3. The van der Waals surface area contributed by atoms with Crippen LogP contribution in [-0.4, -0.2) is 13.8 Å². The molecule has 1 aromatic carbocycles. The van der Waals surface area contributed by atoms with E-state index >= 15 is 0 Å². The lowest BCUT2D eigenvalue weighted by Gasteiger charge is -2.39. The molecule has 0 heterocycles. The van der Waals surface area contributed by atoms with Crippen molar-refractivity contribution in [3.63, 3.8) is 0 Å². The molecular weight excluding hydrogens is 294 g/mol. The third kappa shape index (κ3) is 4.79. The molecular formula is C21H31NSi. The number of unbranched alkanes of at least 4 members (excludes halogenated alkanes) is 1. The first-order chi connectivity index (χ1) is 10.8. The van der Waals surface area contributed by atoms with Crippen molar-refractivity contribution >= 4 is 13.4 Å². The third-order valence-electron chi connectivity index (χ3n) is 4.46. The van der Waals surface area contributed by atoms with Crippen LogP contribution in [0.4, 0.5) is 0 Å². The second kappa shape index (κ2) is 7.46. The number of hydrogen-bond acceptors (Lipinski definition) is 1. The molecule has 1 aliphatic rings. The van der Waals surface area contributed by atoms with E-state index in [4.69, 9.17) is 0 Å². The van der Waals surface area contributed by atoms with Gasteiger partial charge in [0.05, 0.1) is 0 Å². The molecule has 0 spiro atoms. The highest BCUT2D eigenvalue weighted by atomic mass is 28.3. The van der Waals surface area contributed by atoms with E-state index in [0.717, 1.165) is 12.8 Å². The Bertz CT molecular complexity index is 580. The molecule has 1 aromatic rings. The summed E-state index contributed by atoms with van der Waals surface area (Å²) in [5.41, 5.74) is 2.12. The average molecular weight is 326 g/mol. The Morgan fingerprint density at radius 3 is 2.52 bits per heavy atom. The van der Waals surface area contributed by atoms with Crippen LogP contribution < -0.4 is 10.2 Å². The second-order valence-corrected chi connectivity index (χ2v) is 11.6. The van der Waals surface area contributed by atoms with E-state index in [-0.39, 0.29) is 5.54 Å². The van der Waals surface area contributed by atoms with Crippen LogP contribution in [0.1, 0.15) is 40.0 Å². The second-order valence-electron chi connectivity index (χ2n) is 7.75. The lowest BCUT2D eigenvalue weighted by molar-refractivity contribution is 0.512. The minimum Gasteiger partial charge on any atom is -0.329 e. The van der Waals surface area contributed by atoms with Gasteiger partial charge in [-0.1, -0.05) is 66.8 Å². The summed E-state index contributed by atoms with van der Waals surface area (Å²) in [7, 11) is -1.85. The monoisotopic (exact) mass is 325 g/mol. The summed E-state index contributed by atoms with van der Waals surface area (Å²) in [5.74, 6) is 0. The molecule has 1 N–H and O–H groups in total. The number of benzene rings is 1. The predicted octanol–water partition coefficient (Wildman–Crippen LogP) is 5.08. The largest absolute Gasteiger partial charge is 0.329 e. The Morgan fingerprint density at radius 2 is 1.91 bits per heavy atom. The fraction of sp³-hybridized carbons (Fsp3) is 0.429. The van der Waals surface area contributed by atoms with E-state index in [2.05, 4.69) is 87.4 Å². The third-order valence-corrected chi connectivity index (χ3v) is 8.95. The smallest absolute Gasteiger partial charge is 0.165 e. The molecule has 0 saturated heterocycles. The van der Waals surface area contributed by atoms with Crippen LogP contribution in [0.15, 0.2) is 66.8 Å². The molecule has 124 valence electrons. The molecule has 0 saturated carbocycles. The highest BCUT2D eigenvalue weighted by molar-refractivity contribution is 6.90. The van der Waals surface area contributed by atoms with Crippen molar-refractivity contribution in [1.82, 2.24) is 4.98 Å². The first kappa shape index (κ1) is 18.0. The average Bonchev–Trinajstić information content (AvgIpc) is 2.96. The van der Waals surface area contributed by atoms with E-state index in [9.17, 15) is 0 Å². The molecule has 2 rings (SSSR count). The minimum atomic E-state index is -1.85. The van der Waals surface area contributed by atoms with Gasteiger partial charge in [0.25, 0.3) is 0 Å². The van der Waals surface area contributed by atoms with Gasteiger partial charge in [0, 0.05) is 11.1 Å². The van der Waals surface area contributed by atoms with E-state index in [1.807, 2.05) is 6.08 Å². The van der Waals surface area contributed by atoms with Crippen LogP contribution in [0.25, 0.3) is 0 Å². The summed E-state index contributed by atoms with van der Waals surface area (Å²) >= 11 is 0. The van der Waals surface area contributed by atoms with Crippen molar-refractivity contribution in [2.45, 2.75) is 57.7 Å². The van der Waals surface area contributed by atoms with E-state index in [1.165, 1.54) is 17.2 Å². The maximum absolute atomic E-state index is 4.01. The summed E-state index contributed by atoms with van der Waals surface area (Å²) < 4.78 is 0. The van der Waals surface area contributed by atoms with Gasteiger partial charge in [-0.2, -0.15) is 0 Å². The highest BCUT2D eigenvalue weighted by Gasteiger charge is 2.40. The van der Waals surface area contributed by atoms with E-state index in [0.29, 0.717) is 5.54 Å². The Kier molecular flexibility index (Phi) is 5.82. The van der Waals surface area contributed by atoms with Gasteiger partial charge in [-0.05, 0) is 45.2 Å². The van der Waals surface area contributed by atoms with Crippen molar-refractivity contribution in [3.8, 4) is 0 Å². The van der Waals surface area contributed by atoms with Crippen molar-refractivity contribution in [2.75, 3.05) is 0 Å². The van der Waals surface area contributed by atoms with Gasteiger partial charge < -0.3 is 4.98 Å². The van der Waals surface area contributed by atoms with Gasteiger partial charge in [-0.3, -0.25) is 0 Å². The zero-order valence-corrected chi connectivity index (χ0v) is 16.1. The maximum Gasteiger partial charge on any atom is 0.165 e. The van der Waals surface area contributed by atoms with Gasteiger partial charge in [0.1, 0.15) is 0 Å². The van der Waals surface area contributed by atoms with Gasteiger partial charge in [-0.15, -0.1) is 6.58 Å². The lowest BCUT2D eigenvalue weighted by Crippen LogP contribution is -2.65. The van der Waals surface area contributed by atoms with Crippen molar-refractivity contribution in [1.29, 1.82) is 0 Å². The molecule has 2 atom stereocenters. The summed E-state index contributed by atoms with van der Waals surface area (Å²) in [6.07, 6.45) is 12.7. The molecule has 0 aromatic heterocycles. The first-order valence-electron chi connectivity index (χ1n) is 8.70. The lowest BCUT2D eigenvalue weighted by atomic mass is 10.1. The van der Waals surface area contributed by atoms with Crippen LogP contribution >= 0.6 is 0 Å². The van der Waals surface area contributed by atoms with Gasteiger partial charge in [-0.25, -0.2) is 0 Å². The normalized spacial score (nSPS) is 20.2. The summed E-state index contributed by atoms with van der Waals surface area (Å²) in [4.78, 5) is 4.01. The van der Waals surface area contributed by atoms with Crippen LogP contribution in [0.2, 0.25) is 12.1 Å². The quantitative estimate of drug-likeness (QED) is 0.419. The first-order valence-corrected chi connectivity index (χ1v) is 11.3. The molecule has 0 amide bonds.